The second-order valence-electron chi connectivity index (χ2n) is 5.23. The first-order valence-electron chi connectivity index (χ1n) is 6.68. The van der Waals surface area contributed by atoms with Crippen molar-refractivity contribution in [1.29, 1.82) is 0 Å². The highest BCUT2D eigenvalue weighted by molar-refractivity contribution is 5.74. The number of hydrogen-bond donors (Lipinski definition) is 1. The van der Waals surface area contributed by atoms with Gasteiger partial charge in [0.2, 0.25) is 0 Å². The van der Waals surface area contributed by atoms with Gasteiger partial charge in [-0.05, 0) is 32.6 Å². The second kappa shape index (κ2) is 4.71. The minimum absolute atomic E-state index is 0.479. The fraction of sp³-hybridized carbons (Fsp3) is 0.769. The number of hydrogen-bond acceptors (Lipinski definition) is 3. The lowest BCUT2D eigenvalue weighted by atomic mass is 9.79. The van der Waals surface area contributed by atoms with Crippen LogP contribution in [0.5, 0.6) is 0 Å². The number of carboxylic acids is 1. The zero-order valence-electron chi connectivity index (χ0n) is 11.3. The Labute approximate surface area is 107 Å². The highest BCUT2D eigenvalue weighted by Crippen LogP contribution is 2.38. The predicted molar refractivity (Wildman–Crippen MR) is 67.4 cm³/mol. The van der Waals surface area contributed by atoms with Crippen molar-refractivity contribution in [2.75, 3.05) is 0 Å². The van der Waals surface area contributed by atoms with Crippen LogP contribution in [-0.4, -0.2) is 25.8 Å². The molecule has 1 aromatic rings. The molecule has 0 saturated heterocycles. The molecular weight excluding hydrogens is 230 g/mol. The molecule has 1 saturated carbocycles. The van der Waals surface area contributed by atoms with Crippen LogP contribution >= 0.6 is 0 Å². The van der Waals surface area contributed by atoms with E-state index in [1.54, 1.807) is 0 Å². The summed E-state index contributed by atoms with van der Waals surface area (Å²) in [5.74, 6) is 1.01. The molecule has 1 aliphatic carbocycles. The maximum absolute atomic E-state index is 11.5. The number of carbonyl (C=O) groups is 1. The molecule has 1 N–H and O–H groups in total. The van der Waals surface area contributed by atoms with Gasteiger partial charge in [0.1, 0.15) is 11.6 Å². The molecule has 5 heteroatoms. The van der Waals surface area contributed by atoms with E-state index in [0.29, 0.717) is 25.3 Å². The molecule has 2 rings (SSSR count). The topological polar surface area (TPSA) is 68.0 Å². The van der Waals surface area contributed by atoms with Crippen LogP contribution in [0.3, 0.4) is 0 Å². The molecule has 0 spiro atoms. The Morgan fingerprint density at radius 2 is 2.00 bits per heavy atom. The third-order valence-corrected chi connectivity index (χ3v) is 4.15. The fourth-order valence-electron chi connectivity index (χ4n) is 2.52. The van der Waals surface area contributed by atoms with Crippen LogP contribution in [0, 0.1) is 12.3 Å². The van der Waals surface area contributed by atoms with E-state index in [4.69, 9.17) is 0 Å². The summed E-state index contributed by atoms with van der Waals surface area (Å²) in [5.41, 5.74) is -0.702. The Hall–Kier alpha value is -1.39. The molecule has 5 nitrogen and oxygen atoms in total. The van der Waals surface area contributed by atoms with Gasteiger partial charge >= 0.3 is 5.97 Å². The SMILES string of the molecule is CCC(CC)(Cc1nnc(C)n1C1CC1)C(=O)O. The maximum atomic E-state index is 11.5. The van der Waals surface area contributed by atoms with E-state index in [2.05, 4.69) is 14.8 Å². The molecule has 0 aliphatic heterocycles. The van der Waals surface area contributed by atoms with Crippen molar-refractivity contribution in [2.24, 2.45) is 5.41 Å². The molecule has 0 atom stereocenters. The molecular formula is C13H21N3O2. The van der Waals surface area contributed by atoms with Crippen molar-refractivity contribution in [3.8, 4) is 0 Å². The molecule has 18 heavy (non-hydrogen) atoms. The highest BCUT2D eigenvalue weighted by Gasteiger charge is 2.38. The quantitative estimate of drug-likeness (QED) is 0.842. The third-order valence-electron chi connectivity index (χ3n) is 4.15. The average molecular weight is 251 g/mol. The lowest BCUT2D eigenvalue weighted by Crippen LogP contribution is -2.33. The molecule has 0 bridgehead atoms. The Bertz CT molecular complexity index is 445. The molecule has 1 aromatic heterocycles. The first kappa shape index (κ1) is 13.1. The number of carboxylic acid groups (broad SMARTS) is 1. The van der Waals surface area contributed by atoms with Crippen LogP contribution in [0.2, 0.25) is 0 Å². The summed E-state index contributed by atoms with van der Waals surface area (Å²) in [7, 11) is 0. The van der Waals surface area contributed by atoms with Crippen LogP contribution in [0.1, 0.15) is 57.2 Å². The van der Waals surface area contributed by atoms with E-state index < -0.39 is 11.4 Å². The van der Waals surface area contributed by atoms with Crippen LogP contribution in [-0.2, 0) is 11.2 Å². The van der Waals surface area contributed by atoms with Crippen LogP contribution < -0.4 is 0 Å². The van der Waals surface area contributed by atoms with Gasteiger partial charge in [-0.2, -0.15) is 0 Å². The van der Waals surface area contributed by atoms with Gasteiger partial charge in [-0.1, -0.05) is 13.8 Å². The molecule has 1 aliphatic rings. The summed E-state index contributed by atoms with van der Waals surface area (Å²) in [6.45, 7) is 5.81. The molecule has 1 heterocycles. The molecule has 0 unspecified atom stereocenters. The molecule has 0 amide bonds. The van der Waals surface area contributed by atoms with Crippen molar-refractivity contribution >= 4 is 5.97 Å². The first-order valence-corrected chi connectivity index (χ1v) is 6.68. The third kappa shape index (κ3) is 2.13. The van der Waals surface area contributed by atoms with Crippen LogP contribution in [0.25, 0.3) is 0 Å². The minimum atomic E-state index is -0.726. The largest absolute Gasteiger partial charge is 0.481 e. The van der Waals surface area contributed by atoms with Crippen molar-refractivity contribution < 1.29 is 9.90 Å². The summed E-state index contributed by atoms with van der Waals surface area (Å²) in [5, 5.41) is 17.8. The standard InChI is InChI=1S/C13H21N3O2/c1-4-13(5-2,12(17)18)8-11-15-14-9(3)16(11)10-6-7-10/h10H,4-8H2,1-3H3,(H,17,18). The van der Waals surface area contributed by atoms with E-state index in [1.165, 1.54) is 0 Å². The van der Waals surface area contributed by atoms with E-state index in [0.717, 1.165) is 24.5 Å². The predicted octanol–water partition coefficient (Wildman–Crippen LogP) is 2.35. The van der Waals surface area contributed by atoms with Gasteiger partial charge in [0.15, 0.2) is 0 Å². The van der Waals surface area contributed by atoms with Crippen LogP contribution in [0.4, 0.5) is 0 Å². The lowest BCUT2D eigenvalue weighted by molar-refractivity contribution is -0.149. The Morgan fingerprint density at radius 3 is 2.44 bits per heavy atom. The summed E-state index contributed by atoms with van der Waals surface area (Å²) in [4.78, 5) is 11.5. The zero-order chi connectivity index (χ0) is 13.3. The number of aromatic nitrogens is 3. The minimum Gasteiger partial charge on any atom is -0.481 e. The average Bonchev–Trinajstić information content (AvgIpc) is 3.11. The van der Waals surface area contributed by atoms with Gasteiger partial charge in [-0.15, -0.1) is 10.2 Å². The lowest BCUT2D eigenvalue weighted by Gasteiger charge is -2.26. The van der Waals surface area contributed by atoms with Gasteiger partial charge in [-0.25, -0.2) is 0 Å². The second-order valence-corrected chi connectivity index (χ2v) is 5.23. The van der Waals surface area contributed by atoms with Gasteiger partial charge in [0.25, 0.3) is 0 Å². The maximum Gasteiger partial charge on any atom is 0.310 e. The van der Waals surface area contributed by atoms with E-state index in [9.17, 15) is 9.90 Å². The van der Waals surface area contributed by atoms with Gasteiger partial charge < -0.3 is 9.67 Å². The van der Waals surface area contributed by atoms with E-state index in [1.807, 2.05) is 20.8 Å². The summed E-state index contributed by atoms with van der Waals surface area (Å²) < 4.78 is 2.13. The van der Waals surface area contributed by atoms with Crippen molar-refractivity contribution in [3.05, 3.63) is 11.6 Å². The van der Waals surface area contributed by atoms with E-state index >= 15 is 0 Å². The summed E-state index contributed by atoms with van der Waals surface area (Å²) in [6, 6.07) is 0.496. The number of aliphatic carboxylic acids is 1. The van der Waals surface area contributed by atoms with Gasteiger partial charge in [0.05, 0.1) is 5.41 Å². The highest BCUT2D eigenvalue weighted by atomic mass is 16.4. The van der Waals surface area contributed by atoms with Gasteiger partial charge in [0, 0.05) is 12.5 Å². The Kier molecular flexibility index (Phi) is 3.41. The van der Waals surface area contributed by atoms with Crippen molar-refractivity contribution in [1.82, 2.24) is 14.8 Å². The summed E-state index contributed by atoms with van der Waals surface area (Å²) >= 11 is 0. The van der Waals surface area contributed by atoms with Gasteiger partial charge in [-0.3, -0.25) is 4.79 Å². The van der Waals surface area contributed by atoms with Crippen molar-refractivity contribution in [3.63, 3.8) is 0 Å². The summed E-state index contributed by atoms with van der Waals surface area (Å²) in [6.07, 6.45) is 4.03. The smallest absolute Gasteiger partial charge is 0.310 e. The van der Waals surface area contributed by atoms with Crippen LogP contribution in [0.15, 0.2) is 0 Å². The number of nitrogens with zero attached hydrogens (tertiary/aromatic N) is 3. The molecule has 1 fully saturated rings. The first-order chi connectivity index (χ1) is 8.54. The number of rotatable bonds is 6. The fourth-order valence-corrected chi connectivity index (χ4v) is 2.52. The normalized spacial score (nSPS) is 15.9. The van der Waals surface area contributed by atoms with E-state index in [-0.39, 0.29) is 0 Å². The Morgan fingerprint density at radius 1 is 1.39 bits per heavy atom. The molecule has 0 aromatic carbocycles. The van der Waals surface area contributed by atoms with Crippen molar-refractivity contribution in [2.45, 2.75) is 58.9 Å². The Balaban J connectivity index is 2.29. The molecule has 100 valence electrons. The monoisotopic (exact) mass is 251 g/mol. The number of aryl methyl sites for hydroxylation is 1. The zero-order valence-corrected chi connectivity index (χ0v) is 11.3. The molecule has 0 radical (unpaired) electrons.